The largest absolute Gasteiger partial charge is 0.265 e. The molecule has 3 heterocycles. The molecule has 3 aromatic rings. The van der Waals surface area contributed by atoms with Gasteiger partial charge in [-0.1, -0.05) is 0 Å². The van der Waals surface area contributed by atoms with Gasteiger partial charge in [-0.3, -0.25) is 3.97 Å². The Morgan fingerprint density at radius 3 is 2.56 bits per heavy atom. The van der Waals surface area contributed by atoms with E-state index in [1.54, 1.807) is 36.5 Å². The predicted octanol–water partition coefficient (Wildman–Crippen LogP) is 5.50. The summed E-state index contributed by atoms with van der Waals surface area (Å²) in [6, 6.07) is 5.45. The van der Waals surface area contributed by atoms with Crippen LogP contribution in [0.5, 0.6) is 0 Å². The molecule has 0 aliphatic carbocycles. The number of fused-ring (bicyclic) bond motifs is 1. The van der Waals surface area contributed by atoms with Crippen molar-refractivity contribution in [1.29, 1.82) is 0 Å². The second-order valence-electron chi connectivity index (χ2n) is 5.96. The first-order valence-electron chi connectivity index (χ1n) is 8.03. The number of hydrogen-bond donors (Lipinski definition) is 0. The Bertz CT molecular complexity index is 910. The number of aryl methyl sites for hydroxylation is 1. The minimum atomic E-state index is -0.204. The summed E-state index contributed by atoms with van der Waals surface area (Å²) in [6.45, 7) is 4.07. The molecule has 1 aromatic carbocycles. The summed E-state index contributed by atoms with van der Waals surface area (Å²) in [7, 11) is 1.50. The molecule has 8 heteroatoms. The molecule has 0 saturated carbocycles. The lowest BCUT2D eigenvalue weighted by molar-refractivity contribution is 0.584. The van der Waals surface area contributed by atoms with E-state index in [0.717, 1.165) is 34.6 Å². The van der Waals surface area contributed by atoms with Crippen LogP contribution in [0.4, 0.5) is 4.39 Å². The number of hydrogen-bond acceptors (Lipinski definition) is 5. The van der Waals surface area contributed by atoms with Gasteiger partial charge in [-0.15, -0.1) is 0 Å². The van der Waals surface area contributed by atoms with Gasteiger partial charge in [0.1, 0.15) is 10.8 Å². The van der Waals surface area contributed by atoms with Gasteiger partial charge in [-0.25, -0.2) is 18.7 Å². The minimum Gasteiger partial charge on any atom is -0.265 e. The van der Waals surface area contributed by atoms with E-state index in [9.17, 15) is 4.39 Å². The fourth-order valence-electron chi connectivity index (χ4n) is 3.20. The lowest BCUT2D eigenvalue weighted by Gasteiger charge is -2.14. The van der Waals surface area contributed by atoms with Crippen LogP contribution in [0, 0.1) is 12.7 Å². The van der Waals surface area contributed by atoms with Crippen molar-refractivity contribution in [2.24, 2.45) is 0 Å². The van der Waals surface area contributed by atoms with Crippen molar-refractivity contribution in [3.8, 4) is 11.4 Å². The zero-order valence-corrected chi connectivity index (χ0v) is 17.4. The first-order valence-corrected chi connectivity index (χ1v) is 12.1. The topological polar surface area (TPSA) is 34.0 Å². The molecule has 2 aromatic heterocycles. The summed E-state index contributed by atoms with van der Waals surface area (Å²) in [4.78, 5) is 8.78. The van der Waals surface area contributed by atoms with Gasteiger partial charge in [0, 0.05) is 66.8 Å². The average Bonchev–Trinajstić information content (AvgIpc) is 3.24. The van der Waals surface area contributed by atoms with Gasteiger partial charge in [0.2, 0.25) is 0 Å². The smallest absolute Gasteiger partial charge is 0.160 e. The van der Waals surface area contributed by atoms with Crippen molar-refractivity contribution in [3.63, 3.8) is 0 Å². The third-order valence-corrected chi connectivity index (χ3v) is 7.23. The van der Waals surface area contributed by atoms with Crippen LogP contribution < -0.4 is 0 Å². The standard InChI is InChI=1S/C17H16FIN4S2/c1-11-9-13(18)16-12(15(11)17-20-5-4-6-21-17)10-14(23(16)25-19)24-22-7-2-3-8-22/h4-6,9-10H,2-3,7-8H2,1H3. The van der Waals surface area contributed by atoms with Crippen LogP contribution >= 0.6 is 42.3 Å². The third kappa shape index (κ3) is 3.29. The maximum atomic E-state index is 14.8. The Labute approximate surface area is 166 Å². The van der Waals surface area contributed by atoms with Crippen LogP contribution in [-0.4, -0.2) is 31.3 Å². The summed E-state index contributed by atoms with van der Waals surface area (Å²) in [5.74, 6) is 0.433. The van der Waals surface area contributed by atoms with Crippen molar-refractivity contribution < 1.29 is 4.39 Å². The summed E-state index contributed by atoms with van der Waals surface area (Å²) in [5, 5.41) is 1.91. The van der Waals surface area contributed by atoms with Crippen molar-refractivity contribution in [2.75, 3.05) is 13.1 Å². The highest BCUT2D eigenvalue weighted by atomic mass is 127. The molecule has 1 aliphatic heterocycles. The van der Waals surface area contributed by atoms with Crippen LogP contribution in [0.15, 0.2) is 35.6 Å². The van der Waals surface area contributed by atoms with Crippen molar-refractivity contribution >= 4 is 53.2 Å². The van der Waals surface area contributed by atoms with E-state index in [2.05, 4.69) is 41.5 Å². The average molecular weight is 486 g/mol. The Morgan fingerprint density at radius 1 is 1.16 bits per heavy atom. The molecule has 0 N–H and O–H groups in total. The molecule has 130 valence electrons. The molecule has 25 heavy (non-hydrogen) atoms. The molecule has 0 amide bonds. The lowest BCUT2D eigenvalue weighted by atomic mass is 10.0. The van der Waals surface area contributed by atoms with Crippen molar-refractivity contribution in [3.05, 3.63) is 42.0 Å². The molecule has 1 aliphatic rings. The van der Waals surface area contributed by atoms with Gasteiger partial charge < -0.3 is 0 Å². The lowest BCUT2D eigenvalue weighted by Crippen LogP contribution is -2.09. The molecule has 0 unspecified atom stereocenters. The van der Waals surface area contributed by atoms with E-state index in [-0.39, 0.29) is 5.82 Å². The monoisotopic (exact) mass is 486 g/mol. The van der Waals surface area contributed by atoms with E-state index in [0.29, 0.717) is 11.3 Å². The van der Waals surface area contributed by atoms with Gasteiger partial charge in [0.05, 0.1) is 5.52 Å². The highest BCUT2D eigenvalue weighted by Gasteiger charge is 2.22. The number of rotatable bonds is 4. The van der Waals surface area contributed by atoms with Gasteiger partial charge >= 0.3 is 0 Å². The SMILES string of the molecule is Cc1cc(F)c2c(cc(SN3CCCC3)n2SI)c1-c1ncccn1. The molecular weight excluding hydrogens is 470 g/mol. The maximum absolute atomic E-state index is 14.8. The molecule has 0 atom stereocenters. The van der Waals surface area contributed by atoms with Crippen LogP contribution in [0.2, 0.25) is 0 Å². The maximum Gasteiger partial charge on any atom is 0.160 e. The number of benzene rings is 1. The molecule has 0 spiro atoms. The number of halogens is 2. The Morgan fingerprint density at radius 2 is 1.88 bits per heavy atom. The predicted molar refractivity (Wildman–Crippen MR) is 111 cm³/mol. The second kappa shape index (κ2) is 7.42. The van der Waals surface area contributed by atoms with E-state index in [4.69, 9.17) is 0 Å². The Balaban J connectivity index is 1.92. The summed E-state index contributed by atoms with van der Waals surface area (Å²) < 4.78 is 19.1. The fourth-order valence-corrected chi connectivity index (χ4v) is 6.45. The molecule has 4 nitrogen and oxygen atoms in total. The number of aromatic nitrogens is 3. The van der Waals surface area contributed by atoms with Crippen LogP contribution in [0.3, 0.4) is 0 Å². The fraction of sp³-hybridized carbons (Fsp3) is 0.294. The van der Waals surface area contributed by atoms with E-state index >= 15 is 0 Å². The van der Waals surface area contributed by atoms with E-state index in [1.165, 1.54) is 22.0 Å². The van der Waals surface area contributed by atoms with Crippen LogP contribution in [-0.2, 0) is 0 Å². The second-order valence-corrected chi connectivity index (χ2v) is 8.76. The zero-order chi connectivity index (χ0) is 17.4. The molecule has 0 radical (unpaired) electrons. The molecule has 0 bridgehead atoms. The summed E-state index contributed by atoms with van der Waals surface area (Å²) in [6.07, 6.45) is 5.89. The van der Waals surface area contributed by atoms with Gasteiger partial charge in [-0.2, -0.15) is 0 Å². The van der Waals surface area contributed by atoms with E-state index < -0.39 is 0 Å². The molecule has 4 rings (SSSR count). The number of nitrogens with zero attached hydrogens (tertiary/aromatic N) is 4. The first kappa shape index (κ1) is 17.6. The summed E-state index contributed by atoms with van der Waals surface area (Å²) in [5.41, 5.74) is 2.36. The first-order chi connectivity index (χ1) is 12.2. The van der Waals surface area contributed by atoms with Gasteiger partial charge in [0.25, 0.3) is 0 Å². The Hall–Kier alpha value is -0.840. The van der Waals surface area contributed by atoms with Crippen LogP contribution in [0.1, 0.15) is 18.4 Å². The minimum absolute atomic E-state index is 0.204. The molecular formula is C17H16FIN4S2. The van der Waals surface area contributed by atoms with E-state index in [1.807, 2.05) is 10.9 Å². The quantitative estimate of drug-likeness (QED) is 0.360. The third-order valence-electron chi connectivity index (χ3n) is 4.31. The summed E-state index contributed by atoms with van der Waals surface area (Å²) >= 11 is 3.92. The zero-order valence-electron chi connectivity index (χ0n) is 13.6. The van der Waals surface area contributed by atoms with Gasteiger partial charge in [0.15, 0.2) is 5.82 Å². The normalized spacial score (nSPS) is 15.3. The highest BCUT2D eigenvalue weighted by molar-refractivity contribution is 14.2. The van der Waals surface area contributed by atoms with Crippen LogP contribution in [0.25, 0.3) is 22.3 Å². The highest BCUT2D eigenvalue weighted by Crippen LogP contribution is 2.41. The molecule has 1 fully saturated rings. The van der Waals surface area contributed by atoms with Crippen molar-refractivity contribution in [2.45, 2.75) is 24.8 Å². The Kier molecular flexibility index (Phi) is 5.21. The van der Waals surface area contributed by atoms with Crippen molar-refractivity contribution in [1.82, 2.24) is 18.2 Å². The van der Waals surface area contributed by atoms with Gasteiger partial charge in [-0.05, 0) is 55.5 Å². The molecule has 1 saturated heterocycles.